The molecule has 0 radical (unpaired) electrons. The van der Waals surface area contributed by atoms with E-state index in [0.717, 1.165) is 0 Å². The molecule has 0 fully saturated rings. The molecule has 0 aliphatic heterocycles. The van der Waals surface area contributed by atoms with Crippen molar-refractivity contribution in [3.8, 4) is 0 Å². The summed E-state index contributed by atoms with van der Waals surface area (Å²) in [5.74, 6) is 0.654. The van der Waals surface area contributed by atoms with Gasteiger partial charge >= 0.3 is 0 Å². The van der Waals surface area contributed by atoms with E-state index < -0.39 is 0 Å². The molecule has 0 aliphatic carbocycles. The number of benzene rings is 3. The fraction of sp³-hybridized carbons (Fsp3) is 0.263. The third-order valence-corrected chi connectivity index (χ3v) is 4.02. The molecule has 1 unspecified atom stereocenters. The van der Waals surface area contributed by atoms with Crippen LogP contribution in [0.25, 0.3) is 21.5 Å². The van der Waals surface area contributed by atoms with Crippen LogP contribution in [0.15, 0.2) is 54.6 Å². The Bertz CT molecular complexity index is 709. The standard InChI is InChI=1S/C19H20/c1-3-6-14(2)15-9-10-18-12-16-7-4-5-8-17(16)13-19(18)11-15/h4-5,7-14H,3,6H2,1-2H3. The summed E-state index contributed by atoms with van der Waals surface area (Å²) in [6.45, 7) is 4.58. The molecule has 1 atom stereocenters. The molecule has 96 valence electrons. The summed E-state index contributed by atoms with van der Waals surface area (Å²) < 4.78 is 0. The van der Waals surface area contributed by atoms with E-state index in [0.29, 0.717) is 5.92 Å². The molecule has 3 rings (SSSR count). The van der Waals surface area contributed by atoms with Crippen LogP contribution >= 0.6 is 0 Å². The summed E-state index contributed by atoms with van der Waals surface area (Å²) in [4.78, 5) is 0. The van der Waals surface area contributed by atoms with Crippen LogP contribution in [0.4, 0.5) is 0 Å². The normalized spacial score (nSPS) is 12.9. The van der Waals surface area contributed by atoms with E-state index in [1.165, 1.54) is 39.9 Å². The zero-order valence-electron chi connectivity index (χ0n) is 11.7. The van der Waals surface area contributed by atoms with Crippen LogP contribution in [0.1, 0.15) is 38.2 Å². The number of rotatable bonds is 3. The van der Waals surface area contributed by atoms with Crippen LogP contribution in [0.5, 0.6) is 0 Å². The average molecular weight is 248 g/mol. The summed E-state index contributed by atoms with van der Waals surface area (Å²) in [6.07, 6.45) is 2.51. The van der Waals surface area contributed by atoms with Crippen molar-refractivity contribution in [2.45, 2.75) is 32.6 Å². The van der Waals surface area contributed by atoms with E-state index in [1.54, 1.807) is 0 Å². The average Bonchev–Trinajstić information content (AvgIpc) is 2.44. The number of fused-ring (bicyclic) bond motifs is 2. The van der Waals surface area contributed by atoms with Gasteiger partial charge in [-0.15, -0.1) is 0 Å². The third kappa shape index (κ3) is 2.35. The summed E-state index contributed by atoms with van der Waals surface area (Å²) >= 11 is 0. The van der Waals surface area contributed by atoms with E-state index >= 15 is 0 Å². The van der Waals surface area contributed by atoms with Crippen molar-refractivity contribution in [3.05, 3.63) is 60.2 Å². The Labute approximate surface area is 115 Å². The van der Waals surface area contributed by atoms with Crippen molar-refractivity contribution < 1.29 is 0 Å². The molecule has 0 N–H and O–H groups in total. The Hall–Kier alpha value is -1.82. The van der Waals surface area contributed by atoms with Crippen LogP contribution in [0.2, 0.25) is 0 Å². The van der Waals surface area contributed by atoms with Gasteiger partial charge in [-0.3, -0.25) is 0 Å². The molecule has 0 amide bonds. The van der Waals surface area contributed by atoms with E-state index in [4.69, 9.17) is 0 Å². The molecule has 0 bridgehead atoms. The molecular formula is C19H20. The maximum atomic E-state index is 2.36. The molecule has 0 aromatic heterocycles. The fourth-order valence-electron chi connectivity index (χ4n) is 2.86. The highest BCUT2D eigenvalue weighted by Gasteiger charge is 2.05. The summed E-state index contributed by atoms with van der Waals surface area (Å²) in [5, 5.41) is 5.35. The smallest absolute Gasteiger partial charge is 0.0175 e. The molecule has 0 nitrogen and oxygen atoms in total. The van der Waals surface area contributed by atoms with Crippen molar-refractivity contribution in [2.24, 2.45) is 0 Å². The maximum absolute atomic E-state index is 2.36. The van der Waals surface area contributed by atoms with Crippen LogP contribution in [-0.2, 0) is 0 Å². The van der Waals surface area contributed by atoms with Gasteiger partial charge in [0.1, 0.15) is 0 Å². The lowest BCUT2D eigenvalue weighted by molar-refractivity contribution is 0.665. The van der Waals surface area contributed by atoms with Gasteiger partial charge in [0.2, 0.25) is 0 Å². The van der Waals surface area contributed by atoms with Crippen molar-refractivity contribution in [1.82, 2.24) is 0 Å². The van der Waals surface area contributed by atoms with Crippen LogP contribution < -0.4 is 0 Å². The molecular weight excluding hydrogens is 228 g/mol. The molecule has 19 heavy (non-hydrogen) atoms. The van der Waals surface area contributed by atoms with Crippen molar-refractivity contribution in [3.63, 3.8) is 0 Å². The molecule has 0 heteroatoms. The first-order valence-electron chi connectivity index (χ1n) is 7.20. The molecule has 0 saturated carbocycles. The van der Waals surface area contributed by atoms with Crippen molar-refractivity contribution >= 4 is 21.5 Å². The van der Waals surface area contributed by atoms with Gasteiger partial charge in [-0.2, -0.15) is 0 Å². The summed E-state index contributed by atoms with van der Waals surface area (Å²) in [6, 6.07) is 20.1. The minimum atomic E-state index is 0.654. The molecule has 0 saturated heterocycles. The van der Waals surface area contributed by atoms with Gasteiger partial charge < -0.3 is 0 Å². The van der Waals surface area contributed by atoms with Gasteiger partial charge in [0.25, 0.3) is 0 Å². The van der Waals surface area contributed by atoms with Gasteiger partial charge in [0.05, 0.1) is 0 Å². The predicted molar refractivity (Wildman–Crippen MR) is 84.8 cm³/mol. The van der Waals surface area contributed by atoms with Gasteiger partial charge in [0, 0.05) is 0 Å². The highest BCUT2D eigenvalue weighted by Crippen LogP contribution is 2.27. The fourth-order valence-corrected chi connectivity index (χ4v) is 2.86. The molecule has 3 aromatic carbocycles. The lowest BCUT2D eigenvalue weighted by Crippen LogP contribution is -1.92. The third-order valence-electron chi connectivity index (χ3n) is 4.02. The minimum Gasteiger partial charge on any atom is -0.0654 e. The highest BCUT2D eigenvalue weighted by molar-refractivity contribution is 5.98. The Balaban J connectivity index is 2.14. The van der Waals surface area contributed by atoms with E-state index in [-0.39, 0.29) is 0 Å². The Morgan fingerprint density at radius 1 is 0.789 bits per heavy atom. The van der Waals surface area contributed by atoms with E-state index in [2.05, 4.69) is 68.4 Å². The van der Waals surface area contributed by atoms with E-state index in [1.807, 2.05) is 0 Å². The zero-order valence-corrected chi connectivity index (χ0v) is 11.7. The van der Waals surface area contributed by atoms with Crippen molar-refractivity contribution in [1.29, 1.82) is 0 Å². The van der Waals surface area contributed by atoms with Crippen LogP contribution in [0, 0.1) is 0 Å². The van der Waals surface area contributed by atoms with Gasteiger partial charge in [-0.25, -0.2) is 0 Å². The van der Waals surface area contributed by atoms with Gasteiger partial charge in [0.15, 0.2) is 0 Å². The van der Waals surface area contributed by atoms with Gasteiger partial charge in [-0.1, -0.05) is 62.7 Å². The second-order valence-electron chi connectivity index (χ2n) is 5.50. The topological polar surface area (TPSA) is 0 Å². The monoisotopic (exact) mass is 248 g/mol. The lowest BCUT2D eigenvalue weighted by Gasteiger charge is -2.12. The van der Waals surface area contributed by atoms with E-state index in [9.17, 15) is 0 Å². The Morgan fingerprint density at radius 2 is 1.42 bits per heavy atom. The minimum absolute atomic E-state index is 0.654. The van der Waals surface area contributed by atoms with Crippen LogP contribution in [0.3, 0.4) is 0 Å². The Kier molecular flexibility index (Phi) is 3.25. The number of hydrogen-bond donors (Lipinski definition) is 0. The van der Waals surface area contributed by atoms with Gasteiger partial charge in [-0.05, 0) is 51.6 Å². The van der Waals surface area contributed by atoms with Crippen LogP contribution in [-0.4, -0.2) is 0 Å². The second kappa shape index (κ2) is 5.05. The first-order valence-corrected chi connectivity index (χ1v) is 7.20. The molecule has 3 aromatic rings. The SMILES string of the molecule is CCCC(C)c1ccc2cc3ccccc3cc2c1. The molecule has 0 spiro atoms. The summed E-state index contributed by atoms with van der Waals surface area (Å²) in [7, 11) is 0. The Morgan fingerprint density at radius 3 is 2.11 bits per heavy atom. The maximum Gasteiger partial charge on any atom is -0.0175 e. The second-order valence-corrected chi connectivity index (χ2v) is 5.50. The first-order chi connectivity index (χ1) is 9.28. The molecule has 0 heterocycles. The first kappa shape index (κ1) is 12.2. The highest BCUT2D eigenvalue weighted by atomic mass is 14.1. The number of hydrogen-bond acceptors (Lipinski definition) is 0. The largest absolute Gasteiger partial charge is 0.0654 e. The zero-order chi connectivity index (χ0) is 13.2. The summed E-state index contributed by atoms with van der Waals surface area (Å²) in [5.41, 5.74) is 1.46. The predicted octanol–water partition coefficient (Wildman–Crippen LogP) is 5.90. The lowest BCUT2D eigenvalue weighted by atomic mass is 9.93. The molecule has 0 aliphatic rings. The quantitative estimate of drug-likeness (QED) is 0.506. The van der Waals surface area contributed by atoms with Crippen molar-refractivity contribution in [2.75, 3.05) is 0 Å².